The summed E-state index contributed by atoms with van der Waals surface area (Å²) in [4.78, 5) is 13.4. The minimum Gasteiger partial charge on any atom is -0.360 e. The second-order valence-corrected chi connectivity index (χ2v) is 4.94. The van der Waals surface area contributed by atoms with Crippen LogP contribution < -0.4 is 4.90 Å². The molecule has 1 unspecified atom stereocenters. The quantitative estimate of drug-likeness (QED) is 0.777. The molecule has 0 bridgehead atoms. The van der Waals surface area contributed by atoms with Gasteiger partial charge in [-0.25, -0.2) is 4.98 Å². The van der Waals surface area contributed by atoms with E-state index in [0.29, 0.717) is 0 Å². The molecule has 1 aromatic rings. The monoisotopic (exact) mass is 258 g/mol. The van der Waals surface area contributed by atoms with Crippen LogP contribution in [0.25, 0.3) is 0 Å². The lowest BCUT2D eigenvalue weighted by Gasteiger charge is -2.20. The largest absolute Gasteiger partial charge is 0.360 e. The molecule has 0 spiro atoms. The Bertz CT molecular complexity index is 481. The molecule has 0 aromatic carbocycles. The van der Waals surface area contributed by atoms with Crippen molar-refractivity contribution in [3.63, 3.8) is 0 Å². The summed E-state index contributed by atoms with van der Waals surface area (Å²) in [5.74, 6) is 2.00. The van der Waals surface area contributed by atoms with E-state index in [1.165, 1.54) is 0 Å². The van der Waals surface area contributed by atoms with Gasteiger partial charge < -0.3 is 9.80 Å². The second kappa shape index (κ2) is 5.87. The highest BCUT2D eigenvalue weighted by molar-refractivity contribution is 5.53. The highest BCUT2D eigenvalue weighted by Crippen LogP contribution is 2.22. The van der Waals surface area contributed by atoms with E-state index in [0.717, 1.165) is 36.8 Å². The number of pyridine rings is 1. The first-order chi connectivity index (χ1) is 9.11. The fourth-order valence-corrected chi connectivity index (χ4v) is 2.30. The van der Waals surface area contributed by atoms with Gasteiger partial charge in [0.15, 0.2) is 0 Å². The van der Waals surface area contributed by atoms with Crippen molar-refractivity contribution in [3.8, 4) is 0 Å². The summed E-state index contributed by atoms with van der Waals surface area (Å²) in [5, 5.41) is 0. The lowest BCUT2D eigenvalue weighted by atomic mass is 10.2. The van der Waals surface area contributed by atoms with Crippen molar-refractivity contribution >= 4 is 12.0 Å². The van der Waals surface area contributed by atoms with Crippen LogP contribution in [0, 0.1) is 0 Å². The molecule has 0 aliphatic carbocycles. The van der Waals surface area contributed by atoms with Crippen molar-refractivity contribution in [2.45, 2.75) is 26.3 Å². The fraction of sp³-hybridized carbons (Fsp3) is 0.467. The van der Waals surface area contributed by atoms with Crippen LogP contribution in [-0.4, -0.2) is 42.3 Å². The molecule has 0 amide bonds. The molecule has 0 N–H and O–H groups in total. The Morgan fingerprint density at radius 1 is 1.47 bits per heavy atom. The number of aromatic nitrogens is 1. The molecule has 2 rings (SSSR count). The molecule has 4 nitrogen and oxygen atoms in total. The number of likely N-dealkylation sites (N-methyl/N-ethyl adjacent to an activating group) is 1. The van der Waals surface area contributed by atoms with Gasteiger partial charge in [0.1, 0.15) is 11.6 Å². The van der Waals surface area contributed by atoms with E-state index in [4.69, 9.17) is 4.98 Å². The third-order valence-electron chi connectivity index (χ3n) is 3.39. The van der Waals surface area contributed by atoms with Gasteiger partial charge in [0.05, 0.1) is 6.04 Å². The normalized spacial score (nSPS) is 17.5. The van der Waals surface area contributed by atoms with Crippen LogP contribution in [0.15, 0.2) is 35.6 Å². The van der Waals surface area contributed by atoms with Gasteiger partial charge in [-0.1, -0.05) is 12.6 Å². The summed E-state index contributed by atoms with van der Waals surface area (Å²) in [6.07, 6.45) is 2.72. The maximum absolute atomic E-state index is 4.73. The third kappa shape index (κ3) is 3.13. The molecule has 4 heteroatoms. The molecule has 2 heterocycles. The Labute approximate surface area is 115 Å². The van der Waals surface area contributed by atoms with Gasteiger partial charge in [-0.2, -0.15) is 0 Å². The zero-order chi connectivity index (χ0) is 13.8. The number of hydrogen-bond donors (Lipinski definition) is 0. The molecule has 1 fully saturated rings. The maximum Gasteiger partial charge on any atom is 0.134 e. The number of aliphatic imine (C=N–C) groups is 1. The van der Waals surface area contributed by atoms with Crippen molar-refractivity contribution in [1.29, 1.82) is 0 Å². The van der Waals surface area contributed by atoms with Crippen LogP contribution in [0.3, 0.4) is 0 Å². The van der Waals surface area contributed by atoms with Crippen LogP contribution in [0.4, 0.5) is 5.82 Å². The Morgan fingerprint density at radius 3 is 2.89 bits per heavy atom. The molecule has 1 atom stereocenters. The van der Waals surface area contributed by atoms with Crippen LogP contribution in [0.5, 0.6) is 0 Å². The topological polar surface area (TPSA) is 31.7 Å². The van der Waals surface area contributed by atoms with Crippen molar-refractivity contribution in [3.05, 3.63) is 36.3 Å². The Morgan fingerprint density at radius 2 is 2.26 bits per heavy atom. The van der Waals surface area contributed by atoms with Gasteiger partial charge in [0.2, 0.25) is 0 Å². The molecule has 102 valence electrons. The first-order valence-electron chi connectivity index (χ1n) is 6.73. The molecule has 19 heavy (non-hydrogen) atoms. The summed E-state index contributed by atoms with van der Waals surface area (Å²) in [7, 11) is 2.06. The number of hydrogen-bond acceptors (Lipinski definition) is 4. The average molecular weight is 258 g/mol. The second-order valence-electron chi connectivity index (χ2n) is 4.94. The first-order valence-corrected chi connectivity index (χ1v) is 6.73. The van der Waals surface area contributed by atoms with Crippen LogP contribution in [0.2, 0.25) is 0 Å². The molecule has 1 aliphatic heterocycles. The smallest absolute Gasteiger partial charge is 0.134 e. The van der Waals surface area contributed by atoms with E-state index in [2.05, 4.69) is 47.5 Å². The average Bonchev–Trinajstić information content (AvgIpc) is 2.70. The van der Waals surface area contributed by atoms with Crippen molar-refractivity contribution in [2.24, 2.45) is 4.99 Å². The standard InChI is InChI=1S/C15H22N4/c1-5-16-12(2)11-14-7-6-8-15(17-14)19-10-9-18(4)13(19)3/h5-8,12H,3,9-11H2,1-2,4H3. The fourth-order valence-electron chi connectivity index (χ4n) is 2.30. The molecule has 0 saturated carbocycles. The SMILES string of the molecule is C=C1N(C)CCN1c1cccc(CC(C)N=CC)n1. The predicted octanol–water partition coefficient (Wildman–Crippen LogP) is 2.33. The number of anilines is 1. The van der Waals surface area contributed by atoms with Gasteiger partial charge in [0, 0.05) is 32.3 Å². The van der Waals surface area contributed by atoms with Crippen LogP contribution in [-0.2, 0) is 6.42 Å². The molecule has 1 aromatic heterocycles. The summed E-state index contributed by atoms with van der Waals surface area (Å²) < 4.78 is 0. The lowest BCUT2D eigenvalue weighted by Crippen LogP contribution is -2.20. The first kappa shape index (κ1) is 13.6. The van der Waals surface area contributed by atoms with E-state index in [9.17, 15) is 0 Å². The van der Waals surface area contributed by atoms with Crippen LogP contribution >= 0.6 is 0 Å². The molecule has 1 saturated heterocycles. The zero-order valence-corrected chi connectivity index (χ0v) is 12.0. The Balaban J connectivity index is 2.13. The summed E-state index contributed by atoms with van der Waals surface area (Å²) in [6, 6.07) is 6.44. The van der Waals surface area contributed by atoms with Gasteiger partial charge in [0.25, 0.3) is 0 Å². The van der Waals surface area contributed by atoms with Gasteiger partial charge in [-0.15, -0.1) is 0 Å². The van der Waals surface area contributed by atoms with Gasteiger partial charge >= 0.3 is 0 Å². The maximum atomic E-state index is 4.73. The third-order valence-corrected chi connectivity index (χ3v) is 3.39. The summed E-state index contributed by atoms with van der Waals surface area (Å²) in [6.45, 7) is 10.1. The van der Waals surface area contributed by atoms with Crippen molar-refractivity contribution < 1.29 is 0 Å². The van der Waals surface area contributed by atoms with E-state index < -0.39 is 0 Å². The van der Waals surface area contributed by atoms with Gasteiger partial charge in [-0.3, -0.25) is 4.99 Å². The minimum absolute atomic E-state index is 0.275. The van der Waals surface area contributed by atoms with Crippen molar-refractivity contribution in [2.75, 3.05) is 25.0 Å². The van der Waals surface area contributed by atoms with Crippen LogP contribution in [0.1, 0.15) is 19.5 Å². The zero-order valence-electron chi connectivity index (χ0n) is 12.0. The summed E-state index contributed by atoms with van der Waals surface area (Å²) in [5.41, 5.74) is 1.08. The van der Waals surface area contributed by atoms with E-state index in [1.54, 1.807) is 0 Å². The number of nitrogens with zero attached hydrogens (tertiary/aromatic N) is 4. The number of rotatable bonds is 4. The highest BCUT2D eigenvalue weighted by atomic mass is 15.4. The Kier molecular flexibility index (Phi) is 4.20. The molecule has 0 radical (unpaired) electrons. The molecular weight excluding hydrogens is 236 g/mol. The van der Waals surface area contributed by atoms with Gasteiger partial charge in [-0.05, 0) is 32.2 Å². The summed E-state index contributed by atoms with van der Waals surface area (Å²) >= 11 is 0. The molecular formula is C15H22N4. The Hall–Kier alpha value is -1.84. The van der Waals surface area contributed by atoms with E-state index >= 15 is 0 Å². The van der Waals surface area contributed by atoms with E-state index in [-0.39, 0.29) is 6.04 Å². The van der Waals surface area contributed by atoms with E-state index in [1.807, 2.05) is 19.2 Å². The van der Waals surface area contributed by atoms with Crippen molar-refractivity contribution in [1.82, 2.24) is 9.88 Å². The highest BCUT2D eigenvalue weighted by Gasteiger charge is 2.22. The minimum atomic E-state index is 0.275. The molecule has 1 aliphatic rings. The predicted molar refractivity (Wildman–Crippen MR) is 80.7 cm³/mol. The lowest BCUT2D eigenvalue weighted by molar-refractivity contribution is 0.489.